The smallest absolute Gasteiger partial charge is 0.111 e. The molecule has 1 aliphatic rings. The Labute approximate surface area is 141 Å². The van der Waals surface area contributed by atoms with E-state index >= 15 is 0 Å². The van der Waals surface area contributed by atoms with Gasteiger partial charge in [-0.1, -0.05) is 35.5 Å². The zero-order chi connectivity index (χ0) is 17.7. The molecule has 2 atom stereocenters. The highest BCUT2D eigenvalue weighted by Gasteiger charge is 2.40. The summed E-state index contributed by atoms with van der Waals surface area (Å²) in [5.74, 6) is 0. The van der Waals surface area contributed by atoms with Crippen molar-refractivity contribution in [3.63, 3.8) is 0 Å². The largest absolute Gasteiger partial charge is 0.387 e. The van der Waals surface area contributed by atoms with E-state index in [1.807, 2.05) is 0 Å². The summed E-state index contributed by atoms with van der Waals surface area (Å²) in [7, 11) is 0. The van der Waals surface area contributed by atoms with E-state index in [9.17, 15) is 15.3 Å². The van der Waals surface area contributed by atoms with Crippen LogP contribution in [0.15, 0.2) is 35.5 Å². The van der Waals surface area contributed by atoms with E-state index in [0.717, 1.165) is 25.7 Å². The monoisotopic (exact) mass is 322 g/mol. The Hall–Kier alpha value is -0.900. The van der Waals surface area contributed by atoms with Crippen molar-refractivity contribution in [1.82, 2.24) is 0 Å². The summed E-state index contributed by atoms with van der Waals surface area (Å²) in [4.78, 5) is 0. The van der Waals surface area contributed by atoms with Crippen LogP contribution >= 0.6 is 0 Å². The van der Waals surface area contributed by atoms with E-state index < -0.39 is 16.8 Å². The molecule has 3 N–H and O–H groups in total. The van der Waals surface area contributed by atoms with Crippen LogP contribution in [0.5, 0.6) is 0 Å². The molecule has 0 aromatic heterocycles. The molecule has 0 aliphatic heterocycles. The van der Waals surface area contributed by atoms with Crippen LogP contribution in [0.3, 0.4) is 0 Å². The Morgan fingerprint density at radius 2 is 1.48 bits per heavy atom. The lowest BCUT2D eigenvalue weighted by atomic mass is 9.79. The highest BCUT2D eigenvalue weighted by Crippen LogP contribution is 2.31. The molecule has 3 heteroatoms. The fourth-order valence-electron chi connectivity index (χ4n) is 2.74. The summed E-state index contributed by atoms with van der Waals surface area (Å²) in [5, 5.41) is 31.8. The molecule has 1 rings (SSSR count). The number of hydrogen-bond acceptors (Lipinski definition) is 3. The van der Waals surface area contributed by atoms with Gasteiger partial charge in [0.2, 0.25) is 0 Å². The van der Waals surface area contributed by atoms with Crippen molar-refractivity contribution in [2.45, 2.75) is 89.9 Å². The Balaban J connectivity index is 3.10. The lowest BCUT2D eigenvalue weighted by molar-refractivity contribution is -0.104. The Morgan fingerprint density at radius 1 is 0.913 bits per heavy atom. The van der Waals surface area contributed by atoms with Gasteiger partial charge >= 0.3 is 0 Å². The van der Waals surface area contributed by atoms with Crippen LogP contribution in [0.25, 0.3) is 0 Å². The molecule has 0 bridgehead atoms. The van der Waals surface area contributed by atoms with Gasteiger partial charge in [-0.05, 0) is 73.1 Å². The average molecular weight is 322 g/mol. The first kappa shape index (κ1) is 20.1. The molecule has 0 aromatic rings. The van der Waals surface area contributed by atoms with Gasteiger partial charge in [0.05, 0.1) is 11.2 Å². The molecule has 0 aromatic carbocycles. The van der Waals surface area contributed by atoms with Crippen molar-refractivity contribution < 1.29 is 15.3 Å². The topological polar surface area (TPSA) is 60.7 Å². The second-order valence-corrected chi connectivity index (χ2v) is 7.85. The van der Waals surface area contributed by atoms with Crippen molar-refractivity contribution >= 4 is 0 Å². The van der Waals surface area contributed by atoms with E-state index in [1.165, 1.54) is 11.1 Å². The van der Waals surface area contributed by atoms with E-state index in [1.54, 1.807) is 32.9 Å². The Kier molecular flexibility index (Phi) is 6.81. The van der Waals surface area contributed by atoms with Gasteiger partial charge < -0.3 is 15.3 Å². The summed E-state index contributed by atoms with van der Waals surface area (Å²) < 4.78 is 0. The minimum absolute atomic E-state index is 0.431. The minimum atomic E-state index is -1.36. The molecule has 0 heterocycles. The minimum Gasteiger partial charge on any atom is -0.387 e. The number of hydrogen-bond donors (Lipinski definition) is 3. The van der Waals surface area contributed by atoms with E-state index in [2.05, 4.69) is 26.0 Å². The second-order valence-electron chi connectivity index (χ2n) is 7.85. The first-order valence-corrected chi connectivity index (χ1v) is 8.64. The van der Waals surface area contributed by atoms with Gasteiger partial charge in [0.1, 0.15) is 5.60 Å². The van der Waals surface area contributed by atoms with Gasteiger partial charge in [-0.25, -0.2) is 0 Å². The van der Waals surface area contributed by atoms with Crippen molar-refractivity contribution in [2.24, 2.45) is 0 Å². The predicted molar refractivity (Wildman–Crippen MR) is 96.2 cm³/mol. The maximum Gasteiger partial charge on any atom is 0.111 e. The van der Waals surface area contributed by atoms with Gasteiger partial charge in [-0.2, -0.15) is 0 Å². The fourth-order valence-corrected chi connectivity index (χ4v) is 2.74. The zero-order valence-corrected chi connectivity index (χ0v) is 15.4. The standard InChI is InChI=1S/C20H34O3/c1-16-8-6-9-17(2)11-13-20(23,18(3,4)21)15-14-19(5,22)12-7-10-16/h9-10,14-15,21-23H,6-8,11-13H2,1-5H3/t19-,20-/m0/s1. The highest BCUT2D eigenvalue weighted by molar-refractivity contribution is 5.16. The van der Waals surface area contributed by atoms with E-state index in [0.29, 0.717) is 12.8 Å². The third-order valence-corrected chi connectivity index (χ3v) is 4.85. The van der Waals surface area contributed by atoms with Crippen LogP contribution in [0.1, 0.15) is 73.1 Å². The first-order valence-electron chi connectivity index (χ1n) is 8.64. The molecule has 0 saturated carbocycles. The molecule has 0 radical (unpaired) electrons. The third kappa shape index (κ3) is 6.62. The maximum atomic E-state index is 10.9. The van der Waals surface area contributed by atoms with Crippen LogP contribution < -0.4 is 0 Å². The predicted octanol–water partition coefficient (Wildman–Crippen LogP) is 4.04. The van der Waals surface area contributed by atoms with Crippen LogP contribution in [0, 0.1) is 0 Å². The highest BCUT2D eigenvalue weighted by atomic mass is 16.4. The molecule has 0 fully saturated rings. The average Bonchev–Trinajstić information content (AvgIpc) is 2.41. The molecule has 1 aliphatic carbocycles. The Morgan fingerprint density at radius 3 is 2.09 bits per heavy atom. The van der Waals surface area contributed by atoms with Crippen molar-refractivity contribution in [2.75, 3.05) is 0 Å². The van der Waals surface area contributed by atoms with Gasteiger partial charge in [0, 0.05) is 0 Å². The summed E-state index contributed by atoms with van der Waals surface area (Å²) in [6.45, 7) is 9.16. The number of allylic oxidation sites excluding steroid dienone is 4. The summed E-state index contributed by atoms with van der Waals surface area (Å²) in [6.07, 6.45) is 12.2. The molecule has 0 spiro atoms. The SMILES string of the molecule is CC1=CCC[C@](C)(O)C=C[C@](O)(C(C)(C)O)CCC(C)=CCC1. The first-order chi connectivity index (χ1) is 10.5. The quantitative estimate of drug-likeness (QED) is 0.638. The molecule has 23 heavy (non-hydrogen) atoms. The summed E-state index contributed by atoms with van der Waals surface area (Å²) in [5.41, 5.74) is -1.06. The van der Waals surface area contributed by atoms with Crippen molar-refractivity contribution in [3.8, 4) is 0 Å². The van der Waals surface area contributed by atoms with Gasteiger partial charge in [0.15, 0.2) is 0 Å². The fraction of sp³-hybridized carbons (Fsp3) is 0.700. The zero-order valence-electron chi connectivity index (χ0n) is 15.4. The number of rotatable bonds is 1. The van der Waals surface area contributed by atoms with Crippen LogP contribution in [0.4, 0.5) is 0 Å². The molecule has 0 saturated heterocycles. The summed E-state index contributed by atoms with van der Waals surface area (Å²) >= 11 is 0. The normalized spacial score (nSPS) is 32.0. The second kappa shape index (κ2) is 7.78. The van der Waals surface area contributed by atoms with Gasteiger partial charge in [-0.15, -0.1) is 0 Å². The van der Waals surface area contributed by atoms with E-state index in [-0.39, 0.29) is 0 Å². The lowest BCUT2D eigenvalue weighted by Crippen LogP contribution is -2.49. The Bertz CT molecular complexity index is 478. The molecule has 0 unspecified atom stereocenters. The van der Waals surface area contributed by atoms with Gasteiger partial charge in [0.25, 0.3) is 0 Å². The van der Waals surface area contributed by atoms with Crippen LogP contribution in [-0.2, 0) is 0 Å². The third-order valence-electron chi connectivity index (χ3n) is 4.85. The van der Waals surface area contributed by atoms with Crippen molar-refractivity contribution in [3.05, 3.63) is 35.5 Å². The number of aliphatic hydroxyl groups is 3. The lowest BCUT2D eigenvalue weighted by Gasteiger charge is -2.37. The van der Waals surface area contributed by atoms with Gasteiger partial charge in [-0.3, -0.25) is 0 Å². The molecule has 3 nitrogen and oxygen atoms in total. The van der Waals surface area contributed by atoms with Crippen LogP contribution in [0.2, 0.25) is 0 Å². The van der Waals surface area contributed by atoms with Crippen molar-refractivity contribution in [1.29, 1.82) is 0 Å². The summed E-state index contributed by atoms with van der Waals surface area (Å²) in [6, 6.07) is 0. The molecule has 0 amide bonds. The molecular formula is C20H34O3. The maximum absolute atomic E-state index is 10.9. The molecule has 132 valence electrons. The molecular weight excluding hydrogens is 288 g/mol. The van der Waals surface area contributed by atoms with E-state index in [4.69, 9.17) is 0 Å². The van der Waals surface area contributed by atoms with Crippen LogP contribution in [-0.4, -0.2) is 32.1 Å².